The largest absolute Gasteiger partial charge is 0.489 e. The van der Waals surface area contributed by atoms with E-state index in [-0.39, 0.29) is 27.3 Å². The topological polar surface area (TPSA) is 100 Å². The zero-order valence-electron chi connectivity index (χ0n) is 23.4. The summed E-state index contributed by atoms with van der Waals surface area (Å²) in [4.78, 5) is 19.4. The second-order valence-corrected chi connectivity index (χ2v) is 11.9. The Hall–Kier alpha value is -3.93. The van der Waals surface area contributed by atoms with Crippen LogP contribution in [-0.2, 0) is 7.05 Å². The number of hydrogen-bond donors (Lipinski definition) is 1. The number of rotatable bonds is 8. The van der Waals surface area contributed by atoms with E-state index in [4.69, 9.17) is 26.8 Å². The number of likely N-dealkylation sites (tertiary alicyclic amines) is 1. The lowest BCUT2D eigenvalue weighted by Crippen LogP contribution is -2.35. The van der Waals surface area contributed by atoms with Gasteiger partial charge in [0.05, 0.1) is 27.8 Å². The third kappa shape index (κ3) is 5.47. The number of halogens is 2. The number of thiophene rings is 1. The van der Waals surface area contributed by atoms with Gasteiger partial charge in [-0.3, -0.25) is 14.0 Å². The number of nitrogens with two attached hydrogens (primary N) is 1. The molecule has 1 amide bonds. The minimum atomic E-state index is -0.833. The van der Waals surface area contributed by atoms with Crippen molar-refractivity contribution in [2.75, 3.05) is 20.1 Å². The molecule has 5 aromatic rings. The Bertz CT molecular complexity index is 1770. The molecule has 0 radical (unpaired) electrons. The first-order chi connectivity index (χ1) is 20.2. The Kier molecular flexibility index (Phi) is 7.65. The summed E-state index contributed by atoms with van der Waals surface area (Å²) in [5, 5.41) is 5.07. The number of carbonyl (C=O) groups excluding carboxylic acids is 1. The molecule has 42 heavy (non-hydrogen) atoms. The normalized spacial score (nSPS) is 15.3. The molecule has 1 saturated heterocycles. The fourth-order valence-electron chi connectivity index (χ4n) is 5.22. The first kappa shape index (κ1) is 28.2. The maximum Gasteiger partial charge on any atom is 0.262 e. The number of hydrogen-bond acceptors (Lipinski definition) is 7. The highest BCUT2D eigenvalue weighted by molar-refractivity contribution is 7.16. The third-order valence-electron chi connectivity index (χ3n) is 7.49. The van der Waals surface area contributed by atoms with Gasteiger partial charge in [0, 0.05) is 38.0 Å². The fraction of sp³-hybridized carbons (Fsp3) is 0.300. The van der Waals surface area contributed by atoms with Crippen molar-refractivity contribution in [1.82, 2.24) is 24.2 Å². The molecule has 4 heterocycles. The molecule has 12 heteroatoms. The zero-order valence-corrected chi connectivity index (χ0v) is 25.0. The van der Waals surface area contributed by atoms with Crippen molar-refractivity contribution in [2.24, 2.45) is 12.8 Å². The lowest BCUT2D eigenvalue weighted by atomic mass is 10.1. The van der Waals surface area contributed by atoms with Crippen LogP contribution in [0.3, 0.4) is 0 Å². The van der Waals surface area contributed by atoms with Crippen LogP contribution in [0.1, 0.15) is 41.1 Å². The second-order valence-electron chi connectivity index (χ2n) is 10.5. The van der Waals surface area contributed by atoms with Crippen molar-refractivity contribution < 1.29 is 18.7 Å². The van der Waals surface area contributed by atoms with E-state index in [9.17, 15) is 4.79 Å². The molecule has 9 nitrogen and oxygen atoms in total. The van der Waals surface area contributed by atoms with Crippen LogP contribution in [0.15, 0.2) is 55.1 Å². The van der Waals surface area contributed by atoms with Crippen LogP contribution in [-0.4, -0.2) is 56.4 Å². The number of benzene rings is 2. The molecular weight excluding hydrogens is 579 g/mol. The zero-order chi connectivity index (χ0) is 29.5. The molecule has 0 saturated carbocycles. The number of imidazole rings is 1. The molecule has 1 fully saturated rings. The Balaban J connectivity index is 1.28. The SMILES string of the molecule is C[C@@H](Oc1cc(-n2cnc3cc(-c4cnn(C)c4)ccc32)sc1C(N)=O)c1c(F)ccc(OC2CCN(C)CC2)c1Cl. The molecule has 0 spiro atoms. The molecule has 1 atom stereocenters. The maximum atomic E-state index is 15.1. The molecule has 0 aliphatic carbocycles. The van der Waals surface area contributed by atoms with Crippen LogP contribution in [0, 0.1) is 5.82 Å². The predicted octanol–water partition coefficient (Wildman–Crippen LogP) is 5.99. The third-order valence-corrected chi connectivity index (χ3v) is 9.01. The summed E-state index contributed by atoms with van der Waals surface area (Å²) >= 11 is 7.84. The molecular formula is C30H30ClFN6O3S. The minimum Gasteiger partial charge on any atom is -0.489 e. The van der Waals surface area contributed by atoms with Crippen LogP contribution in [0.25, 0.3) is 27.2 Å². The van der Waals surface area contributed by atoms with Crippen molar-refractivity contribution >= 4 is 39.9 Å². The van der Waals surface area contributed by atoms with Crippen LogP contribution in [0.4, 0.5) is 4.39 Å². The molecule has 6 rings (SSSR count). The molecule has 1 aliphatic heterocycles. The summed E-state index contributed by atoms with van der Waals surface area (Å²) in [6.45, 7) is 3.52. The highest BCUT2D eigenvalue weighted by Gasteiger charge is 2.26. The standard InChI is InChI=1S/C30H30ClFN6O3S/c1-17(27-21(32)5-7-24(28(27)31)41-20-8-10-36(2)11-9-20)40-25-13-26(42-29(25)30(33)39)38-16-34-22-12-18(4-6-23(22)38)19-14-35-37(3)15-19/h4-7,12-17,20H,8-11H2,1-3H3,(H2,33,39)/t17-/m1/s1. The molecule has 0 unspecified atom stereocenters. The van der Waals surface area contributed by atoms with Crippen molar-refractivity contribution in [3.8, 4) is 27.6 Å². The average molecular weight is 609 g/mol. The number of aromatic nitrogens is 4. The number of ether oxygens (including phenoxy) is 2. The number of aryl methyl sites for hydroxylation is 1. The Morgan fingerprint density at radius 2 is 1.93 bits per heavy atom. The summed E-state index contributed by atoms with van der Waals surface area (Å²) in [6, 6.07) is 10.5. The summed E-state index contributed by atoms with van der Waals surface area (Å²) in [5.74, 6) is -0.525. The van der Waals surface area contributed by atoms with Gasteiger partial charge in [0.1, 0.15) is 45.7 Å². The average Bonchev–Trinajstić information content (AvgIpc) is 3.69. The number of nitrogens with zero attached hydrogens (tertiary/aromatic N) is 5. The summed E-state index contributed by atoms with van der Waals surface area (Å²) in [6.07, 6.45) is 6.31. The van der Waals surface area contributed by atoms with Gasteiger partial charge in [-0.15, -0.1) is 11.3 Å². The lowest BCUT2D eigenvalue weighted by molar-refractivity contribution is 0.0997. The van der Waals surface area contributed by atoms with Gasteiger partial charge in [-0.1, -0.05) is 17.7 Å². The van der Waals surface area contributed by atoms with Crippen LogP contribution >= 0.6 is 22.9 Å². The van der Waals surface area contributed by atoms with E-state index in [0.29, 0.717) is 10.8 Å². The minimum absolute atomic E-state index is 0.000395. The first-order valence-corrected chi connectivity index (χ1v) is 14.8. The van der Waals surface area contributed by atoms with Crippen molar-refractivity contribution in [3.05, 3.63) is 76.4 Å². The van der Waals surface area contributed by atoms with Crippen LogP contribution < -0.4 is 15.2 Å². The number of carbonyl (C=O) groups is 1. The predicted molar refractivity (Wildman–Crippen MR) is 161 cm³/mol. The van der Waals surface area contributed by atoms with Gasteiger partial charge in [0.25, 0.3) is 5.91 Å². The molecule has 1 aliphatic rings. The highest BCUT2D eigenvalue weighted by Crippen LogP contribution is 2.40. The van der Waals surface area contributed by atoms with Gasteiger partial charge in [-0.25, -0.2) is 9.37 Å². The van der Waals surface area contributed by atoms with E-state index >= 15 is 4.39 Å². The van der Waals surface area contributed by atoms with Crippen LogP contribution in [0.5, 0.6) is 11.5 Å². The van der Waals surface area contributed by atoms with E-state index in [2.05, 4.69) is 22.0 Å². The fourth-order valence-corrected chi connectivity index (χ4v) is 6.50. The number of piperidine rings is 1. The van der Waals surface area contributed by atoms with E-state index in [1.807, 2.05) is 36.0 Å². The second kappa shape index (κ2) is 11.4. The van der Waals surface area contributed by atoms with E-state index in [1.165, 1.54) is 17.4 Å². The summed E-state index contributed by atoms with van der Waals surface area (Å²) < 4.78 is 31.0. The van der Waals surface area contributed by atoms with Crippen molar-refractivity contribution in [3.63, 3.8) is 0 Å². The van der Waals surface area contributed by atoms with Crippen molar-refractivity contribution in [2.45, 2.75) is 32.0 Å². The van der Waals surface area contributed by atoms with E-state index in [0.717, 1.165) is 48.1 Å². The van der Waals surface area contributed by atoms with E-state index in [1.54, 1.807) is 36.3 Å². The molecule has 2 N–H and O–H groups in total. The Morgan fingerprint density at radius 1 is 1.14 bits per heavy atom. The molecule has 2 aromatic carbocycles. The van der Waals surface area contributed by atoms with Gasteiger partial charge in [0.15, 0.2) is 0 Å². The molecule has 218 valence electrons. The Morgan fingerprint density at radius 3 is 2.64 bits per heavy atom. The van der Waals surface area contributed by atoms with Crippen molar-refractivity contribution in [1.29, 1.82) is 0 Å². The quantitative estimate of drug-likeness (QED) is 0.232. The van der Waals surface area contributed by atoms with Gasteiger partial charge in [-0.05, 0) is 56.6 Å². The van der Waals surface area contributed by atoms with Gasteiger partial charge in [0.2, 0.25) is 0 Å². The smallest absolute Gasteiger partial charge is 0.262 e. The number of fused-ring (bicyclic) bond motifs is 1. The molecule has 0 bridgehead atoms. The number of primary amides is 1. The van der Waals surface area contributed by atoms with Crippen LogP contribution in [0.2, 0.25) is 5.02 Å². The lowest BCUT2D eigenvalue weighted by Gasteiger charge is -2.30. The highest BCUT2D eigenvalue weighted by atomic mass is 35.5. The summed E-state index contributed by atoms with van der Waals surface area (Å²) in [7, 11) is 3.94. The van der Waals surface area contributed by atoms with E-state index < -0.39 is 17.8 Å². The molecule has 3 aromatic heterocycles. The number of amides is 1. The Labute approximate surface area is 251 Å². The summed E-state index contributed by atoms with van der Waals surface area (Å²) in [5.41, 5.74) is 9.47. The van der Waals surface area contributed by atoms with Gasteiger partial charge >= 0.3 is 0 Å². The maximum absolute atomic E-state index is 15.1. The first-order valence-electron chi connectivity index (χ1n) is 13.6. The monoisotopic (exact) mass is 608 g/mol. The van der Waals surface area contributed by atoms with Gasteiger partial charge < -0.3 is 20.1 Å². The van der Waals surface area contributed by atoms with Gasteiger partial charge in [-0.2, -0.15) is 5.10 Å².